The molecule has 9 heteroatoms. The molecule has 0 bridgehead atoms. The number of nitrogens with zero attached hydrogens (tertiary/aromatic N) is 2. The number of hydrazone groups is 1. The van der Waals surface area contributed by atoms with Crippen molar-refractivity contribution in [2.75, 3.05) is 6.61 Å². The number of hydrogen-bond donors (Lipinski definition) is 1. The topological polar surface area (TPSA) is 93.8 Å². The van der Waals surface area contributed by atoms with Gasteiger partial charge in [0.25, 0.3) is 5.91 Å². The largest absolute Gasteiger partial charge is 0.477 e. The van der Waals surface area contributed by atoms with Crippen LogP contribution < -0.4 is 10.2 Å². The molecule has 0 saturated carbocycles. The van der Waals surface area contributed by atoms with Crippen LogP contribution in [0.25, 0.3) is 0 Å². The average molecular weight is 366 g/mol. The lowest BCUT2D eigenvalue weighted by Gasteiger charge is -2.06. The fraction of sp³-hybridized carbons (Fsp3) is 0.125. The molecule has 130 valence electrons. The molecule has 2 rings (SSSR count). The zero-order valence-electron chi connectivity index (χ0n) is 13.0. The van der Waals surface area contributed by atoms with Crippen LogP contribution in [0.3, 0.4) is 0 Å². The molecule has 0 aliphatic carbocycles. The number of nitro groups is 1. The average Bonchev–Trinajstić information content (AvgIpc) is 2.56. The van der Waals surface area contributed by atoms with E-state index in [2.05, 4.69) is 10.5 Å². The molecule has 0 saturated heterocycles. The van der Waals surface area contributed by atoms with Crippen LogP contribution in [0.4, 0.5) is 10.1 Å². The van der Waals surface area contributed by atoms with Crippen LogP contribution in [0.5, 0.6) is 5.75 Å². The fourth-order valence-corrected chi connectivity index (χ4v) is 2.08. The SMILES string of the molecule is Cc1ccc(OCC(=O)N/N=C/c2c(F)cccc2Cl)c([N+](=O)[O-])c1. The first kappa shape index (κ1) is 18.3. The van der Waals surface area contributed by atoms with E-state index < -0.39 is 23.3 Å². The Bertz CT molecular complexity index is 822. The molecule has 0 heterocycles. The minimum Gasteiger partial charge on any atom is -0.477 e. The highest BCUT2D eigenvalue weighted by molar-refractivity contribution is 6.33. The smallest absolute Gasteiger partial charge is 0.311 e. The number of nitro benzene ring substituents is 1. The van der Waals surface area contributed by atoms with Gasteiger partial charge in [0.05, 0.1) is 16.2 Å². The molecule has 25 heavy (non-hydrogen) atoms. The van der Waals surface area contributed by atoms with Crippen LogP contribution in [0.1, 0.15) is 11.1 Å². The van der Waals surface area contributed by atoms with Crippen LogP contribution in [0, 0.1) is 22.9 Å². The van der Waals surface area contributed by atoms with E-state index in [4.69, 9.17) is 16.3 Å². The van der Waals surface area contributed by atoms with Crippen LogP contribution >= 0.6 is 11.6 Å². The third kappa shape index (κ3) is 4.98. The van der Waals surface area contributed by atoms with Crippen molar-refractivity contribution >= 4 is 29.4 Å². The zero-order valence-corrected chi connectivity index (χ0v) is 13.8. The van der Waals surface area contributed by atoms with Crippen molar-refractivity contribution in [2.24, 2.45) is 5.10 Å². The normalized spacial score (nSPS) is 10.7. The Labute approximate surface area is 147 Å². The van der Waals surface area contributed by atoms with Gasteiger partial charge in [0.15, 0.2) is 12.4 Å². The van der Waals surface area contributed by atoms with Crippen molar-refractivity contribution in [1.29, 1.82) is 0 Å². The second kappa shape index (κ2) is 8.20. The maximum Gasteiger partial charge on any atom is 0.311 e. The van der Waals surface area contributed by atoms with Crippen LogP contribution in [0.2, 0.25) is 5.02 Å². The van der Waals surface area contributed by atoms with Gasteiger partial charge in [0.1, 0.15) is 5.82 Å². The first-order chi connectivity index (χ1) is 11.9. The number of nitrogens with one attached hydrogen (secondary N) is 1. The van der Waals surface area contributed by atoms with Gasteiger partial charge < -0.3 is 4.74 Å². The fourth-order valence-electron chi connectivity index (χ4n) is 1.87. The monoisotopic (exact) mass is 365 g/mol. The Morgan fingerprint density at radius 2 is 2.20 bits per heavy atom. The number of rotatable bonds is 6. The first-order valence-electron chi connectivity index (χ1n) is 7.02. The molecule has 0 aromatic heterocycles. The van der Waals surface area contributed by atoms with Crippen LogP contribution in [-0.4, -0.2) is 23.7 Å². The summed E-state index contributed by atoms with van der Waals surface area (Å²) in [6.45, 7) is 1.21. The summed E-state index contributed by atoms with van der Waals surface area (Å²) in [5.41, 5.74) is 2.60. The van der Waals surface area contributed by atoms with Gasteiger partial charge in [0.2, 0.25) is 0 Å². The lowest BCUT2D eigenvalue weighted by Crippen LogP contribution is -2.24. The molecule has 0 aliphatic heterocycles. The van der Waals surface area contributed by atoms with Crippen LogP contribution in [0.15, 0.2) is 41.5 Å². The molecular formula is C16H13ClFN3O4. The number of benzene rings is 2. The lowest BCUT2D eigenvalue weighted by molar-refractivity contribution is -0.385. The summed E-state index contributed by atoms with van der Waals surface area (Å²) in [5, 5.41) is 14.7. The van der Waals surface area contributed by atoms with E-state index in [0.29, 0.717) is 5.56 Å². The van der Waals surface area contributed by atoms with E-state index in [9.17, 15) is 19.3 Å². The summed E-state index contributed by atoms with van der Waals surface area (Å²) in [6, 6.07) is 8.49. The molecule has 1 amide bonds. The van der Waals surface area contributed by atoms with Gasteiger partial charge in [-0.3, -0.25) is 14.9 Å². The summed E-state index contributed by atoms with van der Waals surface area (Å²) < 4.78 is 18.7. The Balaban J connectivity index is 1.96. The highest BCUT2D eigenvalue weighted by Crippen LogP contribution is 2.27. The van der Waals surface area contributed by atoms with Gasteiger partial charge in [-0.15, -0.1) is 0 Å². The number of ether oxygens (including phenoxy) is 1. The number of aryl methyl sites for hydroxylation is 1. The maximum atomic E-state index is 13.5. The predicted octanol–water partition coefficient (Wildman–Crippen LogP) is 3.22. The van der Waals surface area contributed by atoms with E-state index in [1.54, 1.807) is 13.0 Å². The molecule has 0 atom stereocenters. The van der Waals surface area contributed by atoms with E-state index in [-0.39, 0.29) is 22.0 Å². The third-order valence-corrected chi connectivity index (χ3v) is 3.38. The highest BCUT2D eigenvalue weighted by atomic mass is 35.5. The summed E-state index contributed by atoms with van der Waals surface area (Å²) >= 11 is 5.81. The molecule has 2 aromatic carbocycles. The molecular weight excluding hydrogens is 353 g/mol. The molecule has 0 radical (unpaired) electrons. The van der Waals surface area contributed by atoms with Gasteiger partial charge in [-0.2, -0.15) is 5.10 Å². The van der Waals surface area contributed by atoms with Crippen molar-refractivity contribution in [3.05, 3.63) is 68.5 Å². The van der Waals surface area contributed by atoms with E-state index in [1.165, 1.54) is 30.3 Å². The molecule has 2 aromatic rings. The minimum atomic E-state index is -0.668. The van der Waals surface area contributed by atoms with Crippen molar-refractivity contribution in [2.45, 2.75) is 6.92 Å². The van der Waals surface area contributed by atoms with Crippen molar-refractivity contribution in [1.82, 2.24) is 5.43 Å². The van der Waals surface area contributed by atoms with Crippen molar-refractivity contribution in [3.63, 3.8) is 0 Å². The quantitative estimate of drug-likeness (QED) is 0.483. The Morgan fingerprint density at radius 1 is 1.44 bits per heavy atom. The Kier molecular flexibility index (Phi) is 6.02. The van der Waals surface area contributed by atoms with Crippen molar-refractivity contribution in [3.8, 4) is 5.75 Å². The summed E-state index contributed by atoms with van der Waals surface area (Å²) in [4.78, 5) is 22.0. The Morgan fingerprint density at radius 3 is 2.88 bits per heavy atom. The van der Waals surface area contributed by atoms with Crippen LogP contribution in [-0.2, 0) is 4.79 Å². The second-order valence-corrected chi connectivity index (χ2v) is 5.35. The Hall–Kier alpha value is -3.00. The number of halogens is 2. The lowest BCUT2D eigenvalue weighted by atomic mass is 10.2. The molecule has 7 nitrogen and oxygen atoms in total. The number of carbonyl (C=O) groups is 1. The van der Waals surface area contributed by atoms with Crippen molar-refractivity contribution < 1.29 is 18.8 Å². The first-order valence-corrected chi connectivity index (χ1v) is 7.40. The minimum absolute atomic E-state index is 0.0274. The number of amides is 1. The van der Waals surface area contributed by atoms with E-state index in [1.807, 2.05) is 0 Å². The predicted molar refractivity (Wildman–Crippen MR) is 90.5 cm³/mol. The summed E-state index contributed by atoms with van der Waals surface area (Å²) in [7, 11) is 0. The molecule has 0 aliphatic rings. The molecule has 0 unspecified atom stereocenters. The summed E-state index contributed by atoms with van der Waals surface area (Å²) in [6.07, 6.45) is 1.06. The summed E-state index contributed by atoms with van der Waals surface area (Å²) in [5.74, 6) is -1.29. The van der Waals surface area contributed by atoms with E-state index in [0.717, 1.165) is 6.21 Å². The maximum absolute atomic E-state index is 13.5. The van der Waals surface area contributed by atoms with Gasteiger partial charge in [0, 0.05) is 11.6 Å². The van der Waals surface area contributed by atoms with Gasteiger partial charge in [-0.1, -0.05) is 23.7 Å². The number of carbonyl (C=O) groups excluding carboxylic acids is 1. The number of hydrogen-bond acceptors (Lipinski definition) is 5. The second-order valence-electron chi connectivity index (χ2n) is 4.95. The third-order valence-electron chi connectivity index (χ3n) is 3.05. The van der Waals surface area contributed by atoms with Gasteiger partial charge in [-0.25, -0.2) is 9.82 Å². The molecule has 0 spiro atoms. The highest BCUT2D eigenvalue weighted by Gasteiger charge is 2.16. The van der Waals surface area contributed by atoms with Gasteiger partial charge >= 0.3 is 5.69 Å². The van der Waals surface area contributed by atoms with Gasteiger partial charge in [-0.05, 0) is 30.7 Å². The molecule has 0 fully saturated rings. The zero-order chi connectivity index (χ0) is 18.4. The molecule has 1 N–H and O–H groups in total. The van der Waals surface area contributed by atoms with E-state index >= 15 is 0 Å². The standard InChI is InChI=1S/C16H13ClFN3O4/c1-10-5-6-15(14(7-10)21(23)24)25-9-16(22)20-19-8-11-12(17)3-2-4-13(11)18/h2-8H,9H2,1H3,(H,20,22)/b19-8+.